The highest BCUT2D eigenvalue weighted by atomic mass is 19.4. The third-order valence-electron chi connectivity index (χ3n) is 2.75. The average Bonchev–Trinajstić information content (AvgIpc) is 2.80. The SMILES string of the molecule is Nc1ccc2oc(-c3ccc(OC(F)(F)F)cc3)nc2c1. The summed E-state index contributed by atoms with van der Waals surface area (Å²) >= 11 is 0. The number of hydrogen-bond acceptors (Lipinski definition) is 4. The minimum Gasteiger partial charge on any atom is -0.436 e. The summed E-state index contributed by atoms with van der Waals surface area (Å²) in [5, 5.41) is 0. The maximum Gasteiger partial charge on any atom is 0.573 e. The van der Waals surface area contributed by atoms with Gasteiger partial charge in [-0.25, -0.2) is 4.98 Å². The number of nitrogen functional groups attached to an aromatic ring is 1. The van der Waals surface area contributed by atoms with Crippen molar-refractivity contribution in [2.45, 2.75) is 6.36 Å². The van der Waals surface area contributed by atoms with Crippen molar-refractivity contribution >= 4 is 16.8 Å². The molecule has 3 rings (SSSR count). The molecule has 1 heterocycles. The molecule has 0 aliphatic carbocycles. The molecular weight excluding hydrogens is 285 g/mol. The molecule has 0 radical (unpaired) electrons. The van der Waals surface area contributed by atoms with Crippen molar-refractivity contribution in [3.63, 3.8) is 0 Å². The quantitative estimate of drug-likeness (QED) is 0.726. The minimum absolute atomic E-state index is 0.299. The Morgan fingerprint density at radius 2 is 1.76 bits per heavy atom. The molecule has 0 unspecified atom stereocenters. The summed E-state index contributed by atoms with van der Waals surface area (Å²) in [6.45, 7) is 0. The molecule has 0 aliphatic rings. The van der Waals surface area contributed by atoms with Crippen molar-refractivity contribution in [3.8, 4) is 17.2 Å². The van der Waals surface area contributed by atoms with Crippen LogP contribution >= 0.6 is 0 Å². The molecule has 0 amide bonds. The van der Waals surface area contributed by atoms with Gasteiger partial charge in [0, 0.05) is 11.3 Å². The Labute approximate surface area is 116 Å². The van der Waals surface area contributed by atoms with Crippen LogP contribution in [0.1, 0.15) is 0 Å². The highest BCUT2D eigenvalue weighted by Gasteiger charge is 2.31. The van der Waals surface area contributed by atoms with Gasteiger partial charge in [0.1, 0.15) is 11.3 Å². The van der Waals surface area contributed by atoms with E-state index in [9.17, 15) is 13.2 Å². The Balaban J connectivity index is 1.91. The molecule has 0 spiro atoms. The van der Waals surface area contributed by atoms with E-state index in [-0.39, 0.29) is 5.75 Å². The zero-order valence-electron chi connectivity index (χ0n) is 10.5. The number of nitrogens with zero attached hydrogens (tertiary/aromatic N) is 1. The van der Waals surface area contributed by atoms with Gasteiger partial charge in [-0.3, -0.25) is 0 Å². The van der Waals surface area contributed by atoms with E-state index < -0.39 is 6.36 Å². The highest BCUT2D eigenvalue weighted by molar-refractivity contribution is 5.79. The van der Waals surface area contributed by atoms with Gasteiger partial charge in [-0.05, 0) is 42.5 Å². The highest BCUT2D eigenvalue weighted by Crippen LogP contribution is 2.28. The topological polar surface area (TPSA) is 61.3 Å². The summed E-state index contributed by atoms with van der Waals surface area (Å²) in [6.07, 6.45) is -4.71. The normalized spacial score (nSPS) is 11.8. The first-order valence-corrected chi connectivity index (χ1v) is 5.93. The fourth-order valence-electron chi connectivity index (χ4n) is 1.87. The van der Waals surface area contributed by atoms with Gasteiger partial charge in [0.25, 0.3) is 0 Å². The molecule has 0 saturated heterocycles. The number of nitrogens with two attached hydrogens (primary N) is 1. The van der Waals surface area contributed by atoms with Crippen molar-refractivity contribution < 1.29 is 22.3 Å². The lowest BCUT2D eigenvalue weighted by Crippen LogP contribution is -2.16. The van der Waals surface area contributed by atoms with Crippen LogP contribution in [0.3, 0.4) is 0 Å². The van der Waals surface area contributed by atoms with Gasteiger partial charge in [0.05, 0.1) is 0 Å². The van der Waals surface area contributed by atoms with Crippen LogP contribution in [-0.2, 0) is 0 Å². The second-order valence-electron chi connectivity index (χ2n) is 4.32. The zero-order valence-corrected chi connectivity index (χ0v) is 10.5. The van der Waals surface area contributed by atoms with Crippen molar-refractivity contribution in [2.75, 3.05) is 5.73 Å². The molecule has 1 aromatic heterocycles. The summed E-state index contributed by atoms with van der Waals surface area (Å²) in [7, 11) is 0. The summed E-state index contributed by atoms with van der Waals surface area (Å²) in [5.74, 6) is 0.000708. The third kappa shape index (κ3) is 2.91. The van der Waals surface area contributed by atoms with Crippen molar-refractivity contribution in [3.05, 3.63) is 42.5 Å². The van der Waals surface area contributed by atoms with E-state index in [1.54, 1.807) is 18.2 Å². The largest absolute Gasteiger partial charge is 0.573 e. The first-order valence-electron chi connectivity index (χ1n) is 5.93. The van der Waals surface area contributed by atoms with Gasteiger partial charge >= 0.3 is 6.36 Å². The number of hydrogen-bond donors (Lipinski definition) is 1. The number of aromatic nitrogens is 1. The molecule has 4 nitrogen and oxygen atoms in total. The lowest BCUT2D eigenvalue weighted by molar-refractivity contribution is -0.274. The van der Waals surface area contributed by atoms with Crippen LogP contribution in [0.25, 0.3) is 22.6 Å². The van der Waals surface area contributed by atoms with Crippen LogP contribution in [-0.4, -0.2) is 11.3 Å². The molecule has 0 saturated carbocycles. The first kappa shape index (κ1) is 13.3. The van der Waals surface area contributed by atoms with E-state index in [4.69, 9.17) is 10.2 Å². The van der Waals surface area contributed by atoms with Gasteiger partial charge in [0.2, 0.25) is 5.89 Å². The second kappa shape index (κ2) is 4.69. The van der Waals surface area contributed by atoms with Crippen LogP contribution in [0.5, 0.6) is 5.75 Å². The molecular formula is C14H9F3N2O2. The molecule has 0 aliphatic heterocycles. The number of rotatable bonds is 2. The van der Waals surface area contributed by atoms with Gasteiger partial charge < -0.3 is 14.9 Å². The number of oxazole rings is 1. The molecule has 2 N–H and O–H groups in total. The van der Waals surface area contributed by atoms with Crippen molar-refractivity contribution in [1.29, 1.82) is 0 Å². The van der Waals surface area contributed by atoms with E-state index in [1.165, 1.54) is 24.3 Å². The molecule has 3 aromatic rings. The maximum absolute atomic E-state index is 12.1. The number of halogens is 3. The predicted molar refractivity (Wildman–Crippen MR) is 70.5 cm³/mol. The molecule has 108 valence electrons. The van der Waals surface area contributed by atoms with E-state index in [0.29, 0.717) is 28.2 Å². The Hall–Kier alpha value is -2.70. The smallest absolute Gasteiger partial charge is 0.436 e. The average molecular weight is 294 g/mol. The van der Waals surface area contributed by atoms with Crippen LogP contribution in [0.2, 0.25) is 0 Å². The molecule has 7 heteroatoms. The first-order chi connectivity index (χ1) is 9.90. The van der Waals surface area contributed by atoms with Crippen LogP contribution in [0.15, 0.2) is 46.9 Å². The van der Waals surface area contributed by atoms with E-state index in [0.717, 1.165) is 0 Å². The van der Waals surface area contributed by atoms with E-state index >= 15 is 0 Å². The van der Waals surface area contributed by atoms with E-state index in [1.807, 2.05) is 0 Å². The summed E-state index contributed by atoms with van der Waals surface area (Å²) in [4.78, 5) is 4.24. The number of fused-ring (bicyclic) bond motifs is 1. The fraction of sp³-hybridized carbons (Fsp3) is 0.0714. The standard InChI is InChI=1S/C14H9F3N2O2/c15-14(16,17)21-10-4-1-8(2-5-10)13-19-11-7-9(18)3-6-12(11)20-13/h1-7H,18H2. The summed E-state index contributed by atoms with van der Waals surface area (Å²) < 4.78 is 45.6. The van der Waals surface area contributed by atoms with Crippen LogP contribution in [0.4, 0.5) is 18.9 Å². The zero-order chi connectivity index (χ0) is 15.0. The molecule has 0 bridgehead atoms. The predicted octanol–water partition coefficient (Wildman–Crippen LogP) is 3.98. The van der Waals surface area contributed by atoms with Gasteiger partial charge in [0.15, 0.2) is 5.58 Å². The molecule has 2 aromatic carbocycles. The van der Waals surface area contributed by atoms with Gasteiger partial charge in [-0.15, -0.1) is 13.2 Å². The summed E-state index contributed by atoms with van der Waals surface area (Å²) in [5.41, 5.74) is 7.87. The van der Waals surface area contributed by atoms with Crippen LogP contribution < -0.4 is 10.5 Å². The van der Waals surface area contributed by atoms with Crippen molar-refractivity contribution in [1.82, 2.24) is 4.98 Å². The minimum atomic E-state index is -4.71. The molecule has 21 heavy (non-hydrogen) atoms. The van der Waals surface area contributed by atoms with Crippen LogP contribution in [0, 0.1) is 0 Å². The third-order valence-corrected chi connectivity index (χ3v) is 2.75. The Morgan fingerprint density at radius 3 is 2.43 bits per heavy atom. The van der Waals surface area contributed by atoms with Crippen molar-refractivity contribution in [2.24, 2.45) is 0 Å². The lowest BCUT2D eigenvalue weighted by atomic mass is 10.2. The number of anilines is 1. The Kier molecular flexibility index (Phi) is 2.97. The lowest BCUT2D eigenvalue weighted by Gasteiger charge is -2.08. The second-order valence-corrected chi connectivity index (χ2v) is 4.32. The fourth-order valence-corrected chi connectivity index (χ4v) is 1.87. The number of benzene rings is 2. The summed E-state index contributed by atoms with van der Waals surface area (Å²) in [6, 6.07) is 10.3. The molecule has 0 atom stereocenters. The number of alkyl halides is 3. The number of ether oxygens (including phenoxy) is 1. The maximum atomic E-state index is 12.1. The Bertz CT molecular complexity index is 779. The Morgan fingerprint density at radius 1 is 1.05 bits per heavy atom. The monoisotopic (exact) mass is 294 g/mol. The molecule has 0 fully saturated rings. The van der Waals surface area contributed by atoms with Gasteiger partial charge in [-0.1, -0.05) is 0 Å². The van der Waals surface area contributed by atoms with E-state index in [2.05, 4.69) is 9.72 Å². The van der Waals surface area contributed by atoms with Gasteiger partial charge in [-0.2, -0.15) is 0 Å².